The van der Waals surface area contributed by atoms with E-state index in [0.29, 0.717) is 0 Å². The SMILES string of the molecule is [CH2]CCCCCCCCCCCCCCCCCC(CCCCCCCC)CCCCCCCCCCC. The standard InChI is InChI=1S/C38H77/c1-4-7-10-13-16-18-19-20-21-22-23-24-26-28-31-34-37-38(35-32-29-15-12-9-6-3)36-33-30-27-25-17-14-11-8-5-2/h38H,1,4-37H2,2-3H3. The first-order valence-corrected chi connectivity index (χ1v) is 18.6. The molecule has 0 saturated heterocycles. The highest BCUT2D eigenvalue weighted by Gasteiger charge is 2.09. The van der Waals surface area contributed by atoms with Gasteiger partial charge in [-0.05, 0) is 5.92 Å². The maximum atomic E-state index is 3.94. The summed E-state index contributed by atoms with van der Waals surface area (Å²) in [4.78, 5) is 0. The Kier molecular flexibility index (Phi) is 35.0. The number of unbranched alkanes of at least 4 members (excludes halogenated alkanes) is 28. The van der Waals surface area contributed by atoms with Gasteiger partial charge in [-0.2, -0.15) is 0 Å². The molecule has 0 heterocycles. The van der Waals surface area contributed by atoms with Gasteiger partial charge in [-0.15, -0.1) is 0 Å². The Morgan fingerprint density at radius 1 is 0.289 bits per heavy atom. The number of rotatable bonds is 34. The van der Waals surface area contributed by atoms with E-state index in [0.717, 1.165) is 12.3 Å². The van der Waals surface area contributed by atoms with Gasteiger partial charge in [-0.1, -0.05) is 239 Å². The van der Waals surface area contributed by atoms with Gasteiger partial charge in [0.2, 0.25) is 0 Å². The molecule has 1 atom stereocenters. The summed E-state index contributed by atoms with van der Waals surface area (Å²) in [5.74, 6) is 1.04. The molecule has 1 unspecified atom stereocenters. The third-order valence-electron chi connectivity index (χ3n) is 9.04. The van der Waals surface area contributed by atoms with Gasteiger partial charge in [0, 0.05) is 0 Å². The van der Waals surface area contributed by atoms with Crippen molar-refractivity contribution in [2.75, 3.05) is 0 Å². The van der Waals surface area contributed by atoms with Crippen LogP contribution in [0.4, 0.5) is 0 Å². The van der Waals surface area contributed by atoms with Crippen LogP contribution < -0.4 is 0 Å². The van der Waals surface area contributed by atoms with Crippen molar-refractivity contribution >= 4 is 0 Å². The minimum atomic E-state index is 1.04. The first-order valence-electron chi connectivity index (χ1n) is 18.6. The Bertz CT molecular complexity index is 385. The van der Waals surface area contributed by atoms with Crippen LogP contribution in [0.25, 0.3) is 0 Å². The lowest BCUT2D eigenvalue weighted by Gasteiger charge is -2.17. The van der Waals surface area contributed by atoms with Gasteiger partial charge in [0.1, 0.15) is 0 Å². The van der Waals surface area contributed by atoms with Crippen LogP contribution in [0.5, 0.6) is 0 Å². The van der Waals surface area contributed by atoms with Crippen LogP contribution in [0.15, 0.2) is 0 Å². The molecule has 0 nitrogen and oxygen atoms in total. The highest BCUT2D eigenvalue weighted by molar-refractivity contribution is 4.62. The largest absolute Gasteiger partial charge is 0.0654 e. The van der Waals surface area contributed by atoms with Crippen molar-refractivity contribution in [3.8, 4) is 0 Å². The molecule has 1 radical (unpaired) electrons. The fourth-order valence-corrected chi connectivity index (χ4v) is 6.30. The molecule has 0 aliphatic carbocycles. The minimum Gasteiger partial charge on any atom is -0.0654 e. The van der Waals surface area contributed by atoms with E-state index in [2.05, 4.69) is 20.8 Å². The lowest BCUT2D eigenvalue weighted by atomic mass is 9.89. The number of hydrogen-bond donors (Lipinski definition) is 0. The molecule has 229 valence electrons. The van der Waals surface area contributed by atoms with E-state index >= 15 is 0 Å². The first-order chi connectivity index (χ1) is 18.8. The maximum absolute atomic E-state index is 3.94. The molecule has 0 heteroatoms. The van der Waals surface area contributed by atoms with Crippen molar-refractivity contribution in [1.82, 2.24) is 0 Å². The summed E-state index contributed by atoms with van der Waals surface area (Å²) >= 11 is 0. The lowest BCUT2D eigenvalue weighted by molar-refractivity contribution is 0.365. The van der Waals surface area contributed by atoms with Gasteiger partial charge >= 0.3 is 0 Å². The molecule has 0 amide bonds. The molecule has 38 heavy (non-hydrogen) atoms. The zero-order valence-corrected chi connectivity index (χ0v) is 27.3. The van der Waals surface area contributed by atoms with E-state index < -0.39 is 0 Å². The van der Waals surface area contributed by atoms with Crippen LogP contribution in [-0.4, -0.2) is 0 Å². The van der Waals surface area contributed by atoms with Crippen molar-refractivity contribution in [1.29, 1.82) is 0 Å². The summed E-state index contributed by atoms with van der Waals surface area (Å²) < 4.78 is 0. The zero-order chi connectivity index (χ0) is 27.6. The van der Waals surface area contributed by atoms with E-state index in [9.17, 15) is 0 Å². The third kappa shape index (κ3) is 32.2. The highest BCUT2D eigenvalue weighted by Crippen LogP contribution is 2.25. The molecule has 0 fully saturated rings. The molecule has 0 spiro atoms. The van der Waals surface area contributed by atoms with Gasteiger partial charge in [0.05, 0.1) is 0 Å². The fraction of sp³-hybridized carbons (Fsp3) is 0.974. The Balaban J connectivity index is 3.70. The second-order valence-corrected chi connectivity index (χ2v) is 13.0. The second kappa shape index (κ2) is 35.0. The molecular formula is C38H77. The predicted octanol–water partition coefficient (Wildman–Crippen LogP) is 14.7. The molecule has 0 bridgehead atoms. The number of hydrogen-bond acceptors (Lipinski definition) is 0. The molecule has 0 aromatic carbocycles. The second-order valence-electron chi connectivity index (χ2n) is 13.0. The van der Waals surface area contributed by atoms with Crippen LogP contribution in [-0.2, 0) is 0 Å². The summed E-state index contributed by atoms with van der Waals surface area (Å²) in [5, 5.41) is 0. The molecule has 0 saturated carbocycles. The topological polar surface area (TPSA) is 0 Å². The minimum absolute atomic E-state index is 1.04. The van der Waals surface area contributed by atoms with E-state index in [4.69, 9.17) is 0 Å². The Morgan fingerprint density at radius 3 is 0.737 bits per heavy atom. The molecule has 0 aliphatic heterocycles. The van der Waals surface area contributed by atoms with Crippen molar-refractivity contribution in [3.63, 3.8) is 0 Å². The summed E-state index contributed by atoms with van der Waals surface area (Å²) in [5.41, 5.74) is 0. The van der Waals surface area contributed by atoms with Crippen molar-refractivity contribution in [2.45, 2.75) is 232 Å². The molecule has 0 N–H and O–H groups in total. The Labute approximate surface area is 244 Å². The van der Waals surface area contributed by atoms with Crippen molar-refractivity contribution in [3.05, 3.63) is 6.92 Å². The molecule has 0 aliphatic rings. The van der Waals surface area contributed by atoms with E-state index in [1.807, 2.05) is 0 Å². The summed E-state index contributed by atoms with van der Waals surface area (Å²) in [7, 11) is 0. The van der Waals surface area contributed by atoms with Gasteiger partial charge in [-0.3, -0.25) is 0 Å². The van der Waals surface area contributed by atoms with E-state index in [-0.39, 0.29) is 0 Å². The van der Waals surface area contributed by atoms with E-state index in [1.54, 1.807) is 0 Å². The van der Waals surface area contributed by atoms with Gasteiger partial charge in [0.25, 0.3) is 0 Å². The van der Waals surface area contributed by atoms with Gasteiger partial charge in [0.15, 0.2) is 0 Å². The third-order valence-corrected chi connectivity index (χ3v) is 9.04. The van der Waals surface area contributed by atoms with Gasteiger partial charge < -0.3 is 0 Å². The molecule has 0 rings (SSSR count). The van der Waals surface area contributed by atoms with Gasteiger partial charge in [-0.25, -0.2) is 0 Å². The quantitative estimate of drug-likeness (QED) is 0.0721. The van der Waals surface area contributed by atoms with E-state index in [1.165, 1.54) is 212 Å². The Morgan fingerprint density at radius 2 is 0.500 bits per heavy atom. The lowest BCUT2D eigenvalue weighted by Crippen LogP contribution is -2.01. The molecular weight excluding hydrogens is 456 g/mol. The fourth-order valence-electron chi connectivity index (χ4n) is 6.30. The average Bonchev–Trinajstić information content (AvgIpc) is 2.93. The van der Waals surface area contributed by atoms with Crippen LogP contribution in [0, 0.1) is 12.8 Å². The zero-order valence-electron chi connectivity index (χ0n) is 27.3. The van der Waals surface area contributed by atoms with Crippen LogP contribution in [0.3, 0.4) is 0 Å². The first kappa shape index (κ1) is 38.0. The van der Waals surface area contributed by atoms with Crippen LogP contribution >= 0.6 is 0 Å². The summed E-state index contributed by atoms with van der Waals surface area (Å²) in [6.07, 6.45) is 49.7. The maximum Gasteiger partial charge on any atom is -0.0414 e. The van der Waals surface area contributed by atoms with Crippen LogP contribution in [0.1, 0.15) is 232 Å². The summed E-state index contributed by atoms with van der Waals surface area (Å²) in [6, 6.07) is 0. The van der Waals surface area contributed by atoms with Crippen molar-refractivity contribution in [2.24, 2.45) is 5.92 Å². The Hall–Kier alpha value is 0. The smallest absolute Gasteiger partial charge is 0.0414 e. The molecule has 0 aromatic rings. The molecule has 0 aromatic heterocycles. The predicted molar refractivity (Wildman–Crippen MR) is 177 cm³/mol. The monoisotopic (exact) mass is 534 g/mol. The average molecular weight is 534 g/mol. The van der Waals surface area contributed by atoms with Crippen molar-refractivity contribution < 1.29 is 0 Å². The highest BCUT2D eigenvalue weighted by atomic mass is 14.1. The summed E-state index contributed by atoms with van der Waals surface area (Å²) in [6.45, 7) is 8.59. The van der Waals surface area contributed by atoms with Crippen LogP contribution in [0.2, 0.25) is 0 Å². The normalized spacial score (nSPS) is 12.4.